The Labute approximate surface area is 132 Å². The highest BCUT2D eigenvalue weighted by Crippen LogP contribution is 2.47. The van der Waals surface area contributed by atoms with Crippen molar-refractivity contribution in [3.8, 4) is 5.75 Å². The van der Waals surface area contributed by atoms with Gasteiger partial charge in [0.1, 0.15) is 0 Å². The molecule has 0 spiro atoms. The molecule has 21 heavy (non-hydrogen) atoms. The maximum atomic E-state index is 5.94. The molecule has 120 valence electrons. The molecule has 1 aliphatic rings. The molecule has 0 radical (unpaired) electrons. The first-order chi connectivity index (χ1) is 9.58. The van der Waals surface area contributed by atoms with Crippen molar-refractivity contribution in [1.82, 2.24) is 4.37 Å². The summed E-state index contributed by atoms with van der Waals surface area (Å²) in [4.78, 5) is 0. The third kappa shape index (κ3) is 4.25. The van der Waals surface area contributed by atoms with Gasteiger partial charge in [-0.15, -0.1) is 0 Å². The minimum atomic E-state index is 0.100. The summed E-state index contributed by atoms with van der Waals surface area (Å²) in [5, 5.41) is 4.61. The van der Waals surface area contributed by atoms with Crippen molar-refractivity contribution in [2.75, 3.05) is 11.1 Å². The summed E-state index contributed by atoms with van der Waals surface area (Å²) in [5.41, 5.74) is 6.65. The number of nitrogens with one attached hydrogen (secondary N) is 1. The highest BCUT2D eigenvalue weighted by molar-refractivity contribution is 7.11. The summed E-state index contributed by atoms with van der Waals surface area (Å²) in [6, 6.07) is 0.443. The molecule has 1 aromatic heterocycles. The molecule has 1 aromatic rings. The predicted molar refractivity (Wildman–Crippen MR) is 91.1 cm³/mol. The van der Waals surface area contributed by atoms with Gasteiger partial charge < -0.3 is 15.8 Å². The standard InChI is InChI=1S/C16H29N3OS/c1-10(2)20-12-13(17)19-21-14(12)18-11-7-15(3,4)9-16(5,6)8-11/h10-11,18H,7-9H2,1-6H3,(H2,17,19). The summed E-state index contributed by atoms with van der Waals surface area (Å²) in [6.07, 6.45) is 3.69. The SMILES string of the molecule is CC(C)Oc1c(N)nsc1NC1CC(C)(C)CC(C)(C)C1. The fourth-order valence-corrected chi connectivity index (χ4v) is 4.60. The third-order valence-corrected chi connectivity index (χ3v) is 4.69. The topological polar surface area (TPSA) is 60.2 Å². The Morgan fingerprint density at radius 1 is 1.24 bits per heavy atom. The zero-order valence-electron chi connectivity index (χ0n) is 14.1. The lowest BCUT2D eigenvalue weighted by Crippen LogP contribution is -2.40. The summed E-state index contributed by atoms with van der Waals surface area (Å²) in [7, 11) is 0. The molecule has 3 N–H and O–H groups in total. The van der Waals surface area contributed by atoms with Crippen LogP contribution in [0.5, 0.6) is 5.75 Å². The van der Waals surface area contributed by atoms with Gasteiger partial charge in [-0.3, -0.25) is 0 Å². The Kier molecular flexibility index (Phi) is 4.43. The van der Waals surface area contributed by atoms with E-state index in [4.69, 9.17) is 10.5 Å². The molecule has 0 bridgehead atoms. The molecule has 0 aromatic carbocycles. The van der Waals surface area contributed by atoms with Gasteiger partial charge in [-0.2, -0.15) is 4.37 Å². The Bertz CT molecular complexity index is 478. The van der Waals surface area contributed by atoms with Crippen LogP contribution in [0.2, 0.25) is 0 Å². The Balaban J connectivity index is 2.14. The lowest BCUT2D eigenvalue weighted by molar-refractivity contribution is 0.105. The van der Waals surface area contributed by atoms with E-state index in [0.717, 1.165) is 23.6 Å². The van der Waals surface area contributed by atoms with Crippen molar-refractivity contribution in [2.24, 2.45) is 10.8 Å². The summed E-state index contributed by atoms with van der Waals surface area (Å²) < 4.78 is 10.1. The molecule has 4 nitrogen and oxygen atoms in total. The zero-order chi connectivity index (χ0) is 15.8. The minimum Gasteiger partial charge on any atom is -0.484 e. The quantitative estimate of drug-likeness (QED) is 0.857. The molecule has 5 heteroatoms. The van der Waals surface area contributed by atoms with Crippen LogP contribution in [-0.2, 0) is 0 Å². The van der Waals surface area contributed by atoms with Crippen molar-refractivity contribution in [2.45, 2.75) is 73.0 Å². The van der Waals surface area contributed by atoms with Crippen LogP contribution in [0.4, 0.5) is 10.8 Å². The van der Waals surface area contributed by atoms with Crippen LogP contribution < -0.4 is 15.8 Å². The highest BCUT2D eigenvalue weighted by atomic mass is 32.1. The first-order valence-electron chi connectivity index (χ1n) is 7.76. The second kappa shape index (κ2) is 5.67. The molecule has 1 saturated carbocycles. The van der Waals surface area contributed by atoms with E-state index in [2.05, 4.69) is 37.4 Å². The minimum absolute atomic E-state index is 0.100. The molecule has 1 fully saturated rings. The van der Waals surface area contributed by atoms with Crippen LogP contribution in [0.3, 0.4) is 0 Å². The third-order valence-electron chi connectivity index (χ3n) is 3.92. The van der Waals surface area contributed by atoms with E-state index in [9.17, 15) is 0 Å². The number of nitrogen functional groups attached to an aromatic ring is 1. The first-order valence-corrected chi connectivity index (χ1v) is 8.54. The smallest absolute Gasteiger partial charge is 0.197 e. The van der Waals surface area contributed by atoms with Crippen molar-refractivity contribution in [1.29, 1.82) is 0 Å². The number of anilines is 2. The molecule has 0 aliphatic heterocycles. The molecule has 2 rings (SSSR count). The van der Waals surface area contributed by atoms with Crippen LogP contribution in [-0.4, -0.2) is 16.5 Å². The van der Waals surface area contributed by atoms with E-state index in [1.54, 1.807) is 0 Å². The predicted octanol–water partition coefficient (Wildman–Crippen LogP) is 4.53. The van der Waals surface area contributed by atoms with Gasteiger partial charge in [0.25, 0.3) is 0 Å². The van der Waals surface area contributed by atoms with Crippen LogP contribution in [0.25, 0.3) is 0 Å². The largest absolute Gasteiger partial charge is 0.484 e. The fourth-order valence-electron chi connectivity index (χ4n) is 3.87. The zero-order valence-corrected chi connectivity index (χ0v) is 14.9. The van der Waals surface area contributed by atoms with E-state index in [1.165, 1.54) is 18.0 Å². The molecular formula is C16H29N3OS. The van der Waals surface area contributed by atoms with E-state index < -0.39 is 0 Å². The van der Waals surface area contributed by atoms with Gasteiger partial charge in [-0.05, 0) is 55.5 Å². The normalized spacial score (nSPS) is 21.5. The van der Waals surface area contributed by atoms with E-state index >= 15 is 0 Å². The maximum absolute atomic E-state index is 5.94. The summed E-state index contributed by atoms with van der Waals surface area (Å²) >= 11 is 1.40. The number of rotatable bonds is 4. The number of nitrogens with zero attached hydrogens (tertiary/aromatic N) is 1. The first kappa shape index (κ1) is 16.4. The number of aromatic nitrogens is 1. The molecule has 0 saturated heterocycles. The van der Waals surface area contributed by atoms with E-state index in [-0.39, 0.29) is 6.10 Å². The van der Waals surface area contributed by atoms with Gasteiger partial charge in [0.2, 0.25) is 0 Å². The molecule has 1 heterocycles. The van der Waals surface area contributed by atoms with Crippen LogP contribution in [0, 0.1) is 10.8 Å². The van der Waals surface area contributed by atoms with Gasteiger partial charge in [-0.25, -0.2) is 0 Å². The van der Waals surface area contributed by atoms with Gasteiger partial charge >= 0.3 is 0 Å². The number of hydrogen-bond acceptors (Lipinski definition) is 5. The Morgan fingerprint density at radius 3 is 2.33 bits per heavy atom. The lowest BCUT2D eigenvalue weighted by atomic mass is 9.63. The van der Waals surface area contributed by atoms with E-state index in [0.29, 0.717) is 22.7 Å². The molecule has 0 unspecified atom stereocenters. The number of nitrogens with two attached hydrogens (primary N) is 1. The lowest BCUT2D eigenvalue weighted by Gasteiger charge is -2.45. The van der Waals surface area contributed by atoms with Gasteiger partial charge in [-0.1, -0.05) is 27.7 Å². The monoisotopic (exact) mass is 311 g/mol. The van der Waals surface area contributed by atoms with Crippen molar-refractivity contribution < 1.29 is 4.74 Å². The van der Waals surface area contributed by atoms with Crippen molar-refractivity contribution in [3.05, 3.63) is 0 Å². The maximum Gasteiger partial charge on any atom is 0.197 e. The second-order valence-corrected chi connectivity index (χ2v) is 8.92. The molecule has 0 atom stereocenters. The van der Waals surface area contributed by atoms with Crippen molar-refractivity contribution >= 4 is 22.4 Å². The van der Waals surface area contributed by atoms with Crippen LogP contribution in [0.15, 0.2) is 0 Å². The van der Waals surface area contributed by atoms with Gasteiger partial charge in [0.05, 0.1) is 6.10 Å². The number of ether oxygens (including phenoxy) is 1. The average molecular weight is 311 g/mol. The average Bonchev–Trinajstić information content (AvgIpc) is 2.56. The molecular weight excluding hydrogens is 282 g/mol. The number of hydrogen-bond donors (Lipinski definition) is 2. The van der Waals surface area contributed by atoms with Crippen molar-refractivity contribution in [3.63, 3.8) is 0 Å². The van der Waals surface area contributed by atoms with Crippen LogP contribution >= 0.6 is 11.5 Å². The summed E-state index contributed by atoms with van der Waals surface area (Å²) in [6.45, 7) is 13.4. The van der Waals surface area contributed by atoms with Gasteiger partial charge in [0.15, 0.2) is 16.6 Å². The van der Waals surface area contributed by atoms with Gasteiger partial charge in [0, 0.05) is 6.04 Å². The fraction of sp³-hybridized carbons (Fsp3) is 0.812. The van der Waals surface area contributed by atoms with Crippen LogP contribution in [0.1, 0.15) is 60.8 Å². The Hall–Kier alpha value is -0.970. The molecule has 0 amide bonds. The Morgan fingerprint density at radius 2 is 1.81 bits per heavy atom. The summed E-state index contributed by atoms with van der Waals surface area (Å²) in [5.74, 6) is 1.21. The molecule has 1 aliphatic carbocycles. The second-order valence-electron chi connectivity index (χ2n) is 8.15. The highest BCUT2D eigenvalue weighted by Gasteiger charge is 2.38. The van der Waals surface area contributed by atoms with E-state index in [1.807, 2.05) is 13.8 Å².